The molecule has 3 rings (SSSR count). The highest BCUT2D eigenvalue weighted by atomic mass is 35.5. The SMILES string of the molecule is CCOc1cc(/C=C2\SC(=O)N(Cc3ccc([N+](=O)[O-])cc3)C2=O)cc(Cl)c1OCC. The van der Waals surface area contributed by atoms with E-state index in [-0.39, 0.29) is 17.1 Å². The van der Waals surface area contributed by atoms with E-state index in [9.17, 15) is 19.7 Å². The van der Waals surface area contributed by atoms with Gasteiger partial charge in [-0.3, -0.25) is 24.6 Å². The van der Waals surface area contributed by atoms with E-state index in [0.717, 1.165) is 16.7 Å². The summed E-state index contributed by atoms with van der Waals surface area (Å²) < 4.78 is 11.1. The number of nitro groups is 1. The Balaban J connectivity index is 1.83. The maximum absolute atomic E-state index is 12.8. The molecule has 1 aliphatic rings. The van der Waals surface area contributed by atoms with Crippen LogP contribution in [0.25, 0.3) is 6.08 Å². The van der Waals surface area contributed by atoms with E-state index in [0.29, 0.717) is 40.9 Å². The van der Waals surface area contributed by atoms with Gasteiger partial charge in [-0.2, -0.15) is 0 Å². The minimum absolute atomic E-state index is 0.0221. The van der Waals surface area contributed by atoms with Crippen molar-refractivity contribution in [2.45, 2.75) is 20.4 Å². The van der Waals surface area contributed by atoms with Crippen LogP contribution in [0, 0.1) is 10.1 Å². The molecule has 0 N–H and O–H groups in total. The molecule has 0 saturated carbocycles. The molecular weight excluding hydrogens is 444 g/mol. The number of carbonyl (C=O) groups excluding carboxylic acids is 2. The second kappa shape index (κ2) is 9.84. The first kappa shape index (κ1) is 22.6. The van der Waals surface area contributed by atoms with E-state index in [1.54, 1.807) is 18.2 Å². The molecule has 8 nitrogen and oxygen atoms in total. The third-order valence-corrected chi connectivity index (χ3v) is 5.47. The number of hydrogen-bond acceptors (Lipinski definition) is 7. The minimum Gasteiger partial charge on any atom is -0.490 e. The largest absolute Gasteiger partial charge is 0.490 e. The predicted molar refractivity (Wildman–Crippen MR) is 118 cm³/mol. The van der Waals surface area contributed by atoms with Gasteiger partial charge in [-0.15, -0.1) is 0 Å². The Bertz CT molecular complexity index is 1050. The van der Waals surface area contributed by atoms with Crippen LogP contribution >= 0.6 is 23.4 Å². The number of non-ortho nitro benzene ring substituents is 1. The van der Waals surface area contributed by atoms with E-state index < -0.39 is 16.1 Å². The minimum atomic E-state index is -0.509. The molecule has 0 spiro atoms. The van der Waals surface area contributed by atoms with E-state index in [4.69, 9.17) is 21.1 Å². The number of nitrogens with zero attached hydrogens (tertiary/aromatic N) is 2. The number of rotatable bonds is 8. The van der Waals surface area contributed by atoms with Crippen LogP contribution in [0.3, 0.4) is 0 Å². The highest BCUT2D eigenvalue weighted by Gasteiger charge is 2.35. The number of thioether (sulfide) groups is 1. The second-order valence-corrected chi connectivity index (χ2v) is 7.79. The van der Waals surface area contributed by atoms with Gasteiger partial charge in [-0.25, -0.2) is 0 Å². The van der Waals surface area contributed by atoms with Crippen molar-refractivity contribution in [3.63, 3.8) is 0 Å². The Morgan fingerprint density at radius 1 is 1.13 bits per heavy atom. The molecule has 0 radical (unpaired) electrons. The van der Waals surface area contributed by atoms with E-state index in [1.807, 2.05) is 13.8 Å². The summed E-state index contributed by atoms with van der Waals surface area (Å²) in [6.45, 7) is 4.52. The summed E-state index contributed by atoms with van der Waals surface area (Å²) in [6, 6.07) is 9.05. The number of carbonyl (C=O) groups is 2. The molecule has 162 valence electrons. The number of hydrogen-bond donors (Lipinski definition) is 0. The van der Waals surface area contributed by atoms with Crippen molar-refractivity contribution in [2.24, 2.45) is 0 Å². The van der Waals surface area contributed by atoms with Gasteiger partial charge >= 0.3 is 0 Å². The Labute approximate surface area is 187 Å². The normalized spacial score (nSPS) is 14.9. The number of benzene rings is 2. The average Bonchev–Trinajstić information content (AvgIpc) is 2.98. The molecule has 2 amide bonds. The summed E-state index contributed by atoms with van der Waals surface area (Å²) >= 11 is 7.14. The highest BCUT2D eigenvalue weighted by Crippen LogP contribution is 2.39. The lowest BCUT2D eigenvalue weighted by Gasteiger charge is -2.13. The fraction of sp³-hybridized carbons (Fsp3) is 0.238. The molecule has 0 bridgehead atoms. The van der Waals surface area contributed by atoms with Gasteiger partial charge in [0.25, 0.3) is 16.8 Å². The van der Waals surface area contributed by atoms with Crippen LogP contribution in [-0.4, -0.2) is 34.2 Å². The third kappa shape index (κ3) is 5.18. The van der Waals surface area contributed by atoms with Gasteiger partial charge in [0.15, 0.2) is 11.5 Å². The van der Waals surface area contributed by atoms with Gasteiger partial charge in [-0.05, 0) is 54.9 Å². The molecule has 10 heteroatoms. The van der Waals surface area contributed by atoms with Gasteiger partial charge in [-0.1, -0.05) is 23.7 Å². The standard InChI is InChI=1S/C21H19ClN2O6S/c1-3-29-17-10-14(9-16(22)19(17)30-4-2)11-18-20(25)23(21(26)31-18)12-13-5-7-15(8-6-13)24(27)28/h5-11H,3-4,12H2,1-2H3/b18-11-. The van der Waals surface area contributed by atoms with E-state index in [2.05, 4.69) is 0 Å². The monoisotopic (exact) mass is 462 g/mol. The second-order valence-electron chi connectivity index (χ2n) is 6.39. The van der Waals surface area contributed by atoms with Crippen molar-refractivity contribution in [1.82, 2.24) is 4.90 Å². The molecule has 31 heavy (non-hydrogen) atoms. The van der Waals surface area contributed by atoms with E-state index >= 15 is 0 Å². The van der Waals surface area contributed by atoms with Crippen LogP contribution in [0.1, 0.15) is 25.0 Å². The summed E-state index contributed by atoms with van der Waals surface area (Å²) in [7, 11) is 0. The number of amides is 2. The van der Waals surface area contributed by atoms with Crippen LogP contribution in [0.5, 0.6) is 11.5 Å². The first-order valence-corrected chi connectivity index (χ1v) is 10.6. The maximum atomic E-state index is 12.8. The van der Waals surface area contributed by atoms with Crippen molar-refractivity contribution < 1.29 is 24.0 Å². The topological polar surface area (TPSA) is 99.0 Å². The van der Waals surface area contributed by atoms with Crippen LogP contribution < -0.4 is 9.47 Å². The smallest absolute Gasteiger partial charge is 0.293 e. The fourth-order valence-corrected chi connectivity index (χ4v) is 4.02. The maximum Gasteiger partial charge on any atom is 0.293 e. The Kier molecular flexibility index (Phi) is 7.19. The molecule has 0 aliphatic carbocycles. The van der Waals surface area contributed by atoms with Crippen molar-refractivity contribution in [1.29, 1.82) is 0 Å². The number of ether oxygens (including phenoxy) is 2. The lowest BCUT2D eigenvalue weighted by molar-refractivity contribution is -0.384. The number of halogens is 1. The molecule has 2 aromatic rings. The lowest BCUT2D eigenvalue weighted by Crippen LogP contribution is -2.27. The van der Waals surface area contributed by atoms with Crippen LogP contribution in [-0.2, 0) is 11.3 Å². The summed E-state index contributed by atoms with van der Waals surface area (Å²) in [4.78, 5) is 36.8. The molecule has 2 aromatic carbocycles. The van der Waals surface area contributed by atoms with Crippen LogP contribution in [0.15, 0.2) is 41.3 Å². The summed E-state index contributed by atoms with van der Waals surface area (Å²) in [6.07, 6.45) is 1.57. The van der Waals surface area contributed by atoms with Crippen LogP contribution in [0.4, 0.5) is 10.5 Å². The van der Waals surface area contributed by atoms with Gasteiger partial charge in [0.05, 0.1) is 34.6 Å². The summed E-state index contributed by atoms with van der Waals surface area (Å²) in [5.41, 5.74) is 1.14. The molecule has 1 saturated heterocycles. The van der Waals surface area contributed by atoms with Gasteiger partial charge in [0.1, 0.15) is 0 Å². The molecule has 1 fully saturated rings. The summed E-state index contributed by atoms with van der Waals surface area (Å²) in [5, 5.41) is 10.7. The molecule has 1 heterocycles. The lowest BCUT2D eigenvalue weighted by atomic mass is 10.1. The number of imide groups is 1. The first-order chi connectivity index (χ1) is 14.8. The third-order valence-electron chi connectivity index (χ3n) is 4.28. The summed E-state index contributed by atoms with van der Waals surface area (Å²) in [5.74, 6) is 0.430. The Hall–Kier alpha value is -3.04. The fourth-order valence-electron chi connectivity index (χ4n) is 2.91. The van der Waals surface area contributed by atoms with Gasteiger partial charge < -0.3 is 9.47 Å². The van der Waals surface area contributed by atoms with Gasteiger partial charge in [0.2, 0.25) is 0 Å². The Morgan fingerprint density at radius 2 is 1.81 bits per heavy atom. The van der Waals surface area contributed by atoms with Crippen molar-refractivity contribution >= 4 is 46.3 Å². The highest BCUT2D eigenvalue weighted by molar-refractivity contribution is 8.18. The van der Waals surface area contributed by atoms with Gasteiger partial charge in [0, 0.05) is 12.1 Å². The zero-order valence-corrected chi connectivity index (χ0v) is 18.4. The number of nitro benzene ring substituents is 1. The molecule has 0 aromatic heterocycles. The predicted octanol–water partition coefficient (Wildman–Crippen LogP) is 5.28. The first-order valence-electron chi connectivity index (χ1n) is 9.41. The quantitative estimate of drug-likeness (QED) is 0.299. The molecule has 1 aliphatic heterocycles. The molecule has 0 unspecified atom stereocenters. The van der Waals surface area contributed by atoms with Crippen molar-refractivity contribution in [3.05, 3.63) is 67.6 Å². The van der Waals surface area contributed by atoms with Crippen molar-refractivity contribution in [3.8, 4) is 11.5 Å². The zero-order chi connectivity index (χ0) is 22.5. The van der Waals surface area contributed by atoms with Crippen molar-refractivity contribution in [2.75, 3.05) is 13.2 Å². The Morgan fingerprint density at radius 3 is 2.42 bits per heavy atom. The van der Waals surface area contributed by atoms with Crippen LogP contribution in [0.2, 0.25) is 5.02 Å². The molecule has 0 atom stereocenters. The van der Waals surface area contributed by atoms with E-state index in [1.165, 1.54) is 24.3 Å². The average molecular weight is 463 g/mol. The molecular formula is C21H19ClN2O6S. The zero-order valence-electron chi connectivity index (χ0n) is 16.8.